The lowest BCUT2D eigenvalue weighted by atomic mass is 10.0. The summed E-state index contributed by atoms with van der Waals surface area (Å²) in [5, 5.41) is 14.3. The zero-order chi connectivity index (χ0) is 64.5. The number of benzene rings is 4. The average Bonchev–Trinajstić information content (AvgIpc) is 3.02. The lowest BCUT2D eigenvalue weighted by Gasteiger charge is -2.32. The first kappa shape index (κ1) is 67.6. The number of anilines is 7. The van der Waals surface area contributed by atoms with E-state index in [0.29, 0.717) is 72.5 Å². The van der Waals surface area contributed by atoms with Gasteiger partial charge in [0.2, 0.25) is 31.9 Å². The summed E-state index contributed by atoms with van der Waals surface area (Å²) in [6.07, 6.45) is -4.69. The van der Waals surface area contributed by atoms with Crippen molar-refractivity contribution in [2.24, 2.45) is 0 Å². The highest BCUT2D eigenvalue weighted by molar-refractivity contribution is 7.92. The van der Waals surface area contributed by atoms with E-state index in [0.717, 1.165) is 56.9 Å². The molecule has 0 spiro atoms. The molecule has 0 radical (unpaired) electrons. The fraction of sp³-hybridized carbons (Fsp3) is 0.424. The van der Waals surface area contributed by atoms with Crippen LogP contribution in [0.1, 0.15) is 91.5 Å². The number of aryl methyl sites for hydroxylation is 5. The first-order valence-corrected chi connectivity index (χ1v) is 31.6. The minimum atomic E-state index is -4.79. The zero-order valence-electron chi connectivity index (χ0n) is 50.0. The Morgan fingerprint density at radius 1 is 0.705 bits per heavy atom. The molecular weight excluding hydrogens is 1200 g/mol. The number of hydrogen-bond donors (Lipinski definition) is 5. The topological polar surface area (TPSA) is 242 Å². The second-order valence-corrected chi connectivity index (χ2v) is 25.5. The SMILES string of the molecule is CCc1cc(C(=O)NC2CCOCC2)ccc1Nc1ncc(C(F)(F)F)c(CCc2ccc(C)cc2N(C)S(C)(=O)=O)n1.COc1cc(C(=O)N[C@@H]2CCN(C)C[C@H]2F)ccc1Nc1ncc(C(F)(F)F)c(NCc2ccc(C)cc2N(C)S(C)(=O)=O)n1. The molecule has 4 aromatic carbocycles. The molecule has 2 saturated heterocycles. The number of hydrogen-bond acceptors (Lipinski definition) is 16. The van der Waals surface area contributed by atoms with Gasteiger partial charge in [-0.1, -0.05) is 31.2 Å². The number of ether oxygens (including phenoxy) is 2. The molecular formula is C59H71F7N12O8S2. The summed E-state index contributed by atoms with van der Waals surface area (Å²) >= 11 is 0. The van der Waals surface area contributed by atoms with Crippen molar-refractivity contribution < 1.29 is 66.6 Å². The lowest BCUT2D eigenvalue weighted by molar-refractivity contribution is -0.139. The van der Waals surface area contributed by atoms with Crippen LogP contribution in [0.5, 0.6) is 5.75 Å². The van der Waals surface area contributed by atoms with E-state index in [1.165, 1.54) is 39.4 Å². The molecule has 20 nitrogen and oxygen atoms in total. The molecule has 2 fully saturated rings. The maximum atomic E-state index is 14.4. The van der Waals surface area contributed by atoms with Crippen molar-refractivity contribution in [2.75, 3.05) is 91.6 Å². The van der Waals surface area contributed by atoms with Crippen LogP contribution in [0.15, 0.2) is 85.2 Å². The largest absolute Gasteiger partial charge is 0.495 e. The van der Waals surface area contributed by atoms with E-state index in [1.807, 2.05) is 18.7 Å². The number of nitrogens with one attached hydrogen (secondary N) is 5. The highest BCUT2D eigenvalue weighted by Crippen LogP contribution is 2.37. The van der Waals surface area contributed by atoms with Crippen LogP contribution >= 0.6 is 0 Å². The molecule has 2 atom stereocenters. The highest BCUT2D eigenvalue weighted by Gasteiger charge is 2.37. The standard InChI is InChI=1S/C30H36F3N5O4S.C29H35F4N7O4S/c1-5-20-17-22(28(39)35-23-12-14-42-15-13-23)9-10-25(20)36-29-34-18-24(30(31,32)33)26(37-29)11-8-21-7-6-19(2)16-27(21)38(3)43(4,40)41;1-17-6-7-19(24(12-17)40(3)45(5,42)43)14-34-26-20(29(31,32)33)15-35-28(38-26)37-23-9-8-18(13-25(23)44-4)27(41)36-22-10-11-39(2)16-21(22)30/h6-7,9-10,16-18,23H,5,8,11-15H2,1-4H3,(H,35,39)(H,34,36,37);6-9,12-13,15,21-22H,10-11,14,16H2,1-5H3,(H,36,41)(H2,34,35,37,38)/t;21-,22-/m.1/s1. The molecule has 2 amide bonds. The van der Waals surface area contributed by atoms with E-state index >= 15 is 0 Å². The number of carbonyl (C=O) groups excluding carboxylic acids is 2. The first-order valence-electron chi connectivity index (χ1n) is 27.9. The van der Waals surface area contributed by atoms with Gasteiger partial charge in [0.15, 0.2) is 0 Å². The Balaban J connectivity index is 0.000000251. The van der Waals surface area contributed by atoms with Gasteiger partial charge in [-0.15, -0.1) is 0 Å². The summed E-state index contributed by atoms with van der Waals surface area (Å²) in [5.41, 5.74) is 3.27. The van der Waals surface area contributed by atoms with E-state index in [4.69, 9.17) is 9.47 Å². The van der Waals surface area contributed by atoms with Crippen molar-refractivity contribution in [1.82, 2.24) is 35.5 Å². The molecule has 2 aliphatic rings. The molecule has 29 heteroatoms. The Morgan fingerprint density at radius 3 is 1.83 bits per heavy atom. The molecule has 6 aromatic rings. The van der Waals surface area contributed by atoms with Crippen LogP contribution in [0, 0.1) is 13.8 Å². The maximum Gasteiger partial charge on any atom is 0.421 e. The molecule has 88 heavy (non-hydrogen) atoms. The van der Waals surface area contributed by atoms with Crippen LogP contribution in [0.3, 0.4) is 0 Å². The molecule has 0 saturated carbocycles. The Hall–Kier alpha value is -7.89. The molecule has 0 aliphatic carbocycles. The normalized spacial score (nSPS) is 16.0. The number of rotatable bonds is 20. The second-order valence-electron chi connectivity index (χ2n) is 21.5. The summed E-state index contributed by atoms with van der Waals surface area (Å²) in [4.78, 5) is 43.5. The summed E-state index contributed by atoms with van der Waals surface area (Å²) in [6, 6.07) is 19.0. The Labute approximate surface area is 507 Å². The molecule has 2 aromatic heterocycles. The van der Waals surface area contributed by atoms with Gasteiger partial charge in [0, 0.05) is 82.2 Å². The van der Waals surface area contributed by atoms with E-state index in [2.05, 4.69) is 46.5 Å². The van der Waals surface area contributed by atoms with Gasteiger partial charge in [0.05, 0.1) is 54.0 Å². The first-order chi connectivity index (χ1) is 41.3. The molecule has 0 unspecified atom stereocenters. The van der Waals surface area contributed by atoms with Gasteiger partial charge in [0.1, 0.15) is 23.3 Å². The Kier molecular flexibility index (Phi) is 21.9. The number of halogens is 7. The minimum absolute atomic E-state index is 0.0190. The lowest BCUT2D eigenvalue weighted by Crippen LogP contribution is -2.51. The summed E-state index contributed by atoms with van der Waals surface area (Å²) < 4.78 is 160. The van der Waals surface area contributed by atoms with Crippen molar-refractivity contribution >= 4 is 72.3 Å². The number of carbonyl (C=O) groups is 2. The van der Waals surface area contributed by atoms with E-state index < -0.39 is 67.5 Å². The van der Waals surface area contributed by atoms with Crippen LogP contribution in [0.25, 0.3) is 0 Å². The quantitative estimate of drug-likeness (QED) is 0.0447. The van der Waals surface area contributed by atoms with Crippen LogP contribution in [0.4, 0.5) is 71.2 Å². The van der Waals surface area contributed by atoms with Crippen molar-refractivity contribution in [3.8, 4) is 5.75 Å². The minimum Gasteiger partial charge on any atom is -0.495 e. The predicted octanol–water partition coefficient (Wildman–Crippen LogP) is 9.54. The third-order valence-corrected chi connectivity index (χ3v) is 17.2. The third-order valence-electron chi connectivity index (χ3n) is 14.8. The number of aromatic nitrogens is 4. The van der Waals surface area contributed by atoms with Gasteiger partial charge in [-0.05, 0) is 136 Å². The summed E-state index contributed by atoms with van der Waals surface area (Å²) in [5.74, 6) is -1.28. The Morgan fingerprint density at radius 2 is 1.25 bits per heavy atom. The molecule has 2 aliphatic heterocycles. The van der Waals surface area contributed by atoms with Gasteiger partial charge < -0.3 is 41.0 Å². The number of likely N-dealkylation sites (tertiary alicyclic amines) is 1. The van der Waals surface area contributed by atoms with Gasteiger partial charge in [-0.3, -0.25) is 18.2 Å². The molecule has 4 heterocycles. The fourth-order valence-electron chi connectivity index (χ4n) is 9.68. The van der Waals surface area contributed by atoms with E-state index in [-0.39, 0.29) is 72.5 Å². The van der Waals surface area contributed by atoms with Gasteiger partial charge >= 0.3 is 12.4 Å². The molecule has 8 rings (SSSR count). The number of nitrogens with zero attached hydrogens (tertiary/aromatic N) is 7. The number of piperidine rings is 1. The van der Waals surface area contributed by atoms with Crippen molar-refractivity contribution in [3.63, 3.8) is 0 Å². The summed E-state index contributed by atoms with van der Waals surface area (Å²) in [6.45, 7) is 7.37. The number of amides is 2. The van der Waals surface area contributed by atoms with Gasteiger partial charge in [-0.2, -0.15) is 31.3 Å². The predicted molar refractivity (Wildman–Crippen MR) is 323 cm³/mol. The van der Waals surface area contributed by atoms with Crippen LogP contribution in [-0.2, 0) is 62.9 Å². The fourth-order valence-corrected chi connectivity index (χ4v) is 10.7. The number of methoxy groups -OCH3 is 1. The van der Waals surface area contributed by atoms with Crippen LogP contribution in [-0.4, -0.2) is 139 Å². The molecule has 5 N–H and O–H groups in total. The van der Waals surface area contributed by atoms with Gasteiger partial charge in [0.25, 0.3) is 11.8 Å². The second kappa shape index (κ2) is 28.5. The van der Waals surface area contributed by atoms with Crippen LogP contribution in [0.2, 0.25) is 0 Å². The molecule has 0 bridgehead atoms. The average molecular weight is 1270 g/mol. The van der Waals surface area contributed by atoms with Crippen LogP contribution < -0.4 is 39.9 Å². The third kappa shape index (κ3) is 17.9. The van der Waals surface area contributed by atoms with E-state index in [9.17, 15) is 57.2 Å². The highest BCUT2D eigenvalue weighted by atomic mass is 32.2. The number of alkyl halides is 7. The maximum absolute atomic E-state index is 14.4. The number of sulfonamides is 2. The van der Waals surface area contributed by atoms with Crippen molar-refractivity contribution in [2.45, 2.75) is 96.4 Å². The Bertz CT molecular complexity index is 3710. The van der Waals surface area contributed by atoms with Crippen molar-refractivity contribution in [1.29, 1.82) is 0 Å². The molecule has 476 valence electrons. The van der Waals surface area contributed by atoms with E-state index in [1.54, 1.807) is 68.6 Å². The zero-order valence-corrected chi connectivity index (χ0v) is 51.6. The van der Waals surface area contributed by atoms with Gasteiger partial charge in [-0.25, -0.2) is 36.2 Å². The van der Waals surface area contributed by atoms with Crippen molar-refractivity contribution in [3.05, 3.63) is 141 Å². The smallest absolute Gasteiger partial charge is 0.421 e. The summed E-state index contributed by atoms with van der Waals surface area (Å²) in [7, 11) is -1.30. The monoisotopic (exact) mass is 1270 g/mol.